The van der Waals surface area contributed by atoms with Crippen LogP contribution in [0.3, 0.4) is 0 Å². The van der Waals surface area contributed by atoms with Crippen LogP contribution in [0.1, 0.15) is 29.5 Å². The highest BCUT2D eigenvalue weighted by molar-refractivity contribution is 5.93. The zero-order valence-electron chi connectivity index (χ0n) is 14.1. The van der Waals surface area contributed by atoms with Crippen molar-refractivity contribution in [3.63, 3.8) is 0 Å². The molecule has 1 aliphatic heterocycles. The molecule has 1 amide bonds. The van der Waals surface area contributed by atoms with Gasteiger partial charge in [-0.2, -0.15) is 0 Å². The molecule has 1 aromatic heterocycles. The van der Waals surface area contributed by atoms with Crippen molar-refractivity contribution < 1.29 is 9.72 Å². The predicted molar refractivity (Wildman–Crippen MR) is 90.7 cm³/mol. The Hall–Kier alpha value is -2.81. The standard InChI is InChI=1S/C16H20N6O3/c1-10-9-17-7-6-14(10)18-16(23)15-11(2)21(20-19-15)12-4-3-5-13(8-12)22(24)25/h3-5,8,10,14,17H,6-7,9H2,1-2H3,(H,18,23). The maximum atomic E-state index is 12.5. The van der Waals surface area contributed by atoms with Crippen LogP contribution in [0.4, 0.5) is 5.69 Å². The number of non-ortho nitro benzene ring substituents is 1. The van der Waals surface area contributed by atoms with E-state index in [4.69, 9.17) is 0 Å². The van der Waals surface area contributed by atoms with Gasteiger partial charge < -0.3 is 10.6 Å². The minimum Gasteiger partial charge on any atom is -0.347 e. The van der Waals surface area contributed by atoms with Gasteiger partial charge in [-0.15, -0.1) is 5.10 Å². The molecule has 0 radical (unpaired) electrons. The average molecular weight is 344 g/mol. The Morgan fingerprint density at radius 3 is 3.00 bits per heavy atom. The van der Waals surface area contributed by atoms with Crippen LogP contribution in [-0.4, -0.2) is 45.0 Å². The number of nitro benzene ring substituents is 1. The zero-order chi connectivity index (χ0) is 18.0. The van der Waals surface area contributed by atoms with Gasteiger partial charge in [0.05, 0.1) is 16.3 Å². The molecule has 1 aromatic carbocycles. The predicted octanol–water partition coefficient (Wildman–Crippen LogP) is 1.21. The fourth-order valence-corrected chi connectivity index (χ4v) is 2.99. The summed E-state index contributed by atoms with van der Waals surface area (Å²) < 4.78 is 1.44. The number of carbonyl (C=O) groups is 1. The van der Waals surface area contributed by atoms with E-state index in [1.807, 2.05) is 0 Å². The molecule has 1 saturated heterocycles. The van der Waals surface area contributed by atoms with Gasteiger partial charge in [-0.25, -0.2) is 4.68 Å². The van der Waals surface area contributed by atoms with E-state index in [0.717, 1.165) is 19.5 Å². The minimum absolute atomic E-state index is 0.0399. The maximum Gasteiger partial charge on any atom is 0.273 e. The molecule has 0 saturated carbocycles. The number of nitrogens with zero attached hydrogens (tertiary/aromatic N) is 4. The molecule has 2 N–H and O–H groups in total. The number of rotatable bonds is 4. The Morgan fingerprint density at radius 2 is 2.28 bits per heavy atom. The maximum absolute atomic E-state index is 12.5. The molecule has 0 aliphatic carbocycles. The van der Waals surface area contributed by atoms with E-state index in [0.29, 0.717) is 17.3 Å². The van der Waals surface area contributed by atoms with Crippen molar-refractivity contribution >= 4 is 11.6 Å². The Bertz CT molecular complexity index is 803. The number of hydrogen-bond donors (Lipinski definition) is 2. The fourth-order valence-electron chi connectivity index (χ4n) is 2.99. The van der Waals surface area contributed by atoms with Gasteiger partial charge >= 0.3 is 0 Å². The summed E-state index contributed by atoms with van der Waals surface area (Å²) in [7, 11) is 0. The molecule has 132 valence electrons. The number of carbonyl (C=O) groups excluding carboxylic acids is 1. The van der Waals surface area contributed by atoms with Gasteiger partial charge in [0.15, 0.2) is 5.69 Å². The van der Waals surface area contributed by atoms with E-state index < -0.39 is 4.92 Å². The third kappa shape index (κ3) is 3.50. The molecule has 9 nitrogen and oxygen atoms in total. The number of piperidine rings is 1. The summed E-state index contributed by atoms with van der Waals surface area (Å²) in [6.45, 7) is 5.54. The van der Waals surface area contributed by atoms with Gasteiger partial charge in [-0.1, -0.05) is 18.2 Å². The Balaban J connectivity index is 1.82. The topological polar surface area (TPSA) is 115 Å². The Kier molecular flexibility index (Phi) is 4.75. The summed E-state index contributed by atoms with van der Waals surface area (Å²) in [5.74, 6) is 0.0674. The quantitative estimate of drug-likeness (QED) is 0.636. The van der Waals surface area contributed by atoms with E-state index in [1.165, 1.54) is 16.8 Å². The van der Waals surface area contributed by atoms with Crippen molar-refractivity contribution in [2.45, 2.75) is 26.3 Å². The molecule has 3 rings (SSSR count). The van der Waals surface area contributed by atoms with Gasteiger partial charge in [0.1, 0.15) is 0 Å². The van der Waals surface area contributed by atoms with Gasteiger partial charge in [0.2, 0.25) is 0 Å². The molecule has 2 atom stereocenters. The molecule has 1 fully saturated rings. The van der Waals surface area contributed by atoms with Crippen molar-refractivity contribution in [2.24, 2.45) is 5.92 Å². The molecule has 9 heteroatoms. The number of amides is 1. The zero-order valence-corrected chi connectivity index (χ0v) is 14.1. The van der Waals surface area contributed by atoms with E-state index in [2.05, 4.69) is 27.9 Å². The minimum atomic E-state index is -0.470. The first-order chi connectivity index (χ1) is 12.0. The first-order valence-electron chi connectivity index (χ1n) is 8.16. The average Bonchev–Trinajstić information content (AvgIpc) is 2.98. The lowest BCUT2D eigenvalue weighted by Crippen LogP contribution is -2.48. The summed E-state index contributed by atoms with van der Waals surface area (Å²) in [5.41, 5.74) is 1.23. The summed E-state index contributed by atoms with van der Waals surface area (Å²) >= 11 is 0. The highest BCUT2D eigenvalue weighted by Gasteiger charge is 2.25. The van der Waals surface area contributed by atoms with Crippen molar-refractivity contribution in [1.29, 1.82) is 0 Å². The molecule has 0 bridgehead atoms. The van der Waals surface area contributed by atoms with E-state index >= 15 is 0 Å². The van der Waals surface area contributed by atoms with Crippen LogP contribution in [0.15, 0.2) is 24.3 Å². The van der Waals surface area contributed by atoms with Crippen molar-refractivity contribution in [1.82, 2.24) is 25.6 Å². The van der Waals surface area contributed by atoms with Gasteiger partial charge in [-0.3, -0.25) is 14.9 Å². The van der Waals surface area contributed by atoms with Crippen LogP contribution >= 0.6 is 0 Å². The summed E-state index contributed by atoms with van der Waals surface area (Å²) in [5, 5.41) is 25.2. The second-order valence-electron chi connectivity index (χ2n) is 6.26. The van der Waals surface area contributed by atoms with Gasteiger partial charge in [0, 0.05) is 18.2 Å². The molecule has 25 heavy (non-hydrogen) atoms. The third-order valence-corrected chi connectivity index (χ3v) is 4.50. The number of nitro groups is 1. The largest absolute Gasteiger partial charge is 0.347 e. The molecule has 0 spiro atoms. The van der Waals surface area contributed by atoms with Crippen LogP contribution in [0.25, 0.3) is 5.69 Å². The fraction of sp³-hybridized carbons (Fsp3) is 0.438. The second-order valence-corrected chi connectivity index (χ2v) is 6.26. The lowest BCUT2D eigenvalue weighted by molar-refractivity contribution is -0.384. The van der Waals surface area contributed by atoms with Gasteiger partial charge in [-0.05, 0) is 38.4 Å². The van der Waals surface area contributed by atoms with E-state index in [9.17, 15) is 14.9 Å². The Labute approximate surface area is 144 Å². The van der Waals surface area contributed by atoms with Crippen LogP contribution in [0.2, 0.25) is 0 Å². The normalized spacial score (nSPS) is 20.2. The first-order valence-corrected chi connectivity index (χ1v) is 8.16. The summed E-state index contributed by atoms with van der Waals surface area (Å²) in [4.78, 5) is 23.0. The molecular weight excluding hydrogens is 324 g/mol. The van der Waals surface area contributed by atoms with Crippen LogP contribution < -0.4 is 10.6 Å². The summed E-state index contributed by atoms with van der Waals surface area (Å²) in [6.07, 6.45) is 0.866. The molecule has 2 unspecified atom stereocenters. The molecule has 2 aromatic rings. The number of nitrogens with one attached hydrogen (secondary N) is 2. The van der Waals surface area contributed by atoms with Crippen molar-refractivity contribution in [3.05, 3.63) is 45.8 Å². The van der Waals surface area contributed by atoms with Gasteiger partial charge in [0.25, 0.3) is 11.6 Å². The number of aromatic nitrogens is 3. The third-order valence-electron chi connectivity index (χ3n) is 4.50. The molecule has 2 heterocycles. The van der Waals surface area contributed by atoms with E-state index in [-0.39, 0.29) is 23.3 Å². The smallest absolute Gasteiger partial charge is 0.273 e. The van der Waals surface area contributed by atoms with Crippen LogP contribution in [0.5, 0.6) is 0 Å². The van der Waals surface area contributed by atoms with Crippen LogP contribution in [0, 0.1) is 23.0 Å². The van der Waals surface area contributed by atoms with Crippen LogP contribution in [-0.2, 0) is 0 Å². The Morgan fingerprint density at radius 1 is 1.48 bits per heavy atom. The molecular formula is C16H20N6O3. The van der Waals surface area contributed by atoms with Crippen molar-refractivity contribution in [2.75, 3.05) is 13.1 Å². The van der Waals surface area contributed by atoms with Crippen molar-refractivity contribution in [3.8, 4) is 5.69 Å². The number of hydrogen-bond acceptors (Lipinski definition) is 6. The first kappa shape index (κ1) is 17.0. The molecule has 1 aliphatic rings. The lowest BCUT2D eigenvalue weighted by Gasteiger charge is -2.29. The second kappa shape index (κ2) is 6.98. The summed E-state index contributed by atoms with van der Waals surface area (Å²) in [6, 6.07) is 6.16. The highest BCUT2D eigenvalue weighted by atomic mass is 16.6. The SMILES string of the molecule is Cc1c(C(=O)NC2CCNCC2C)nnn1-c1cccc([N+](=O)[O-])c1. The van der Waals surface area contributed by atoms with E-state index in [1.54, 1.807) is 19.1 Å². The monoisotopic (exact) mass is 344 g/mol. The number of benzene rings is 1. The highest BCUT2D eigenvalue weighted by Crippen LogP contribution is 2.19. The lowest BCUT2D eigenvalue weighted by atomic mass is 9.95.